The molecule has 3 nitrogen and oxygen atoms in total. The number of rotatable bonds is 4. The molecule has 0 radical (unpaired) electrons. The molecule has 1 aromatic heterocycles. The Morgan fingerprint density at radius 1 is 0.852 bits per heavy atom. The Morgan fingerprint density at radius 3 is 1.89 bits per heavy atom. The molecule has 0 N–H and O–H groups in total. The van der Waals surface area contributed by atoms with E-state index in [2.05, 4.69) is 53.1 Å². The van der Waals surface area contributed by atoms with Crippen molar-refractivity contribution in [2.75, 3.05) is 0 Å². The topological polar surface area (TPSA) is 31.2 Å². The summed E-state index contributed by atoms with van der Waals surface area (Å²) in [5.41, 5.74) is 2.89. The van der Waals surface area contributed by atoms with Crippen LogP contribution in [0.4, 0.5) is 0 Å². The highest BCUT2D eigenvalue weighted by molar-refractivity contribution is 6.09. The summed E-state index contributed by atoms with van der Waals surface area (Å²) in [7, 11) is 0. The van der Waals surface area contributed by atoms with Gasteiger partial charge in [0, 0.05) is 16.5 Å². The van der Waals surface area contributed by atoms with Gasteiger partial charge >= 0.3 is 5.97 Å². The molecule has 0 bridgehead atoms. The van der Waals surface area contributed by atoms with E-state index in [1.54, 1.807) is 0 Å². The van der Waals surface area contributed by atoms with E-state index in [1.165, 1.54) is 10.8 Å². The molecule has 0 atom stereocenters. The summed E-state index contributed by atoms with van der Waals surface area (Å²) in [4.78, 5) is 12.3. The molecule has 0 fully saturated rings. The maximum Gasteiger partial charge on any atom is 0.316 e. The van der Waals surface area contributed by atoms with Crippen LogP contribution in [-0.2, 0) is 4.79 Å². The van der Waals surface area contributed by atoms with Crippen LogP contribution in [-0.4, -0.2) is 10.5 Å². The molecule has 3 aromatic carbocycles. The van der Waals surface area contributed by atoms with Gasteiger partial charge in [-0.25, -0.2) is 0 Å². The lowest BCUT2D eigenvalue weighted by molar-refractivity contribution is -0.144. The quantitative estimate of drug-likeness (QED) is 0.325. The molecular weight excluding hydrogens is 334 g/mol. The lowest BCUT2D eigenvalue weighted by Crippen LogP contribution is -2.28. The van der Waals surface area contributed by atoms with Crippen LogP contribution in [0.2, 0.25) is 0 Å². The summed E-state index contributed by atoms with van der Waals surface area (Å²) in [5, 5.41) is 2.46. The number of esters is 1. The van der Waals surface area contributed by atoms with Crippen LogP contribution in [0.1, 0.15) is 27.2 Å². The van der Waals surface area contributed by atoms with Crippen molar-refractivity contribution < 1.29 is 9.53 Å². The number of ether oxygens (including phenoxy) is 1. The molecule has 0 unspecified atom stereocenters. The zero-order valence-electron chi connectivity index (χ0n) is 15.9. The zero-order chi connectivity index (χ0) is 19.0. The largest absolute Gasteiger partial charge is 0.426 e. The Kier molecular flexibility index (Phi) is 4.23. The van der Waals surface area contributed by atoms with Crippen molar-refractivity contribution in [3.8, 4) is 11.4 Å². The number of carbonyl (C=O) groups excluding carboxylic acids is 1. The van der Waals surface area contributed by atoms with Gasteiger partial charge in [-0.05, 0) is 56.7 Å². The van der Waals surface area contributed by atoms with Gasteiger partial charge in [0.2, 0.25) is 0 Å². The molecule has 1 heterocycles. The standard InChI is InChI=1S/C24H23NO2/c1-4-24(2,3)23(26)27-18-15-13-17(14-16-18)25-21-11-7-5-9-19(21)20-10-6-8-12-22(20)25/h5-16H,4H2,1-3H3. The van der Waals surface area contributed by atoms with Crippen LogP contribution >= 0.6 is 0 Å². The second kappa shape index (κ2) is 6.58. The van der Waals surface area contributed by atoms with E-state index in [4.69, 9.17) is 4.74 Å². The second-order valence-corrected chi connectivity index (χ2v) is 7.49. The number of hydrogen-bond acceptors (Lipinski definition) is 2. The van der Waals surface area contributed by atoms with E-state index in [0.29, 0.717) is 5.75 Å². The SMILES string of the molecule is CCC(C)(C)C(=O)Oc1ccc(-n2c3ccccc3c3ccccc32)cc1. The van der Waals surface area contributed by atoms with Gasteiger partial charge in [0.15, 0.2) is 0 Å². The molecule has 4 rings (SSSR count). The molecule has 0 saturated heterocycles. The average Bonchev–Trinajstić information content (AvgIpc) is 3.03. The van der Waals surface area contributed by atoms with Crippen molar-refractivity contribution in [1.29, 1.82) is 0 Å². The Morgan fingerprint density at radius 2 is 1.37 bits per heavy atom. The van der Waals surface area contributed by atoms with Crippen molar-refractivity contribution in [3.63, 3.8) is 0 Å². The number of hydrogen-bond donors (Lipinski definition) is 0. The highest BCUT2D eigenvalue weighted by Crippen LogP contribution is 2.32. The van der Waals surface area contributed by atoms with Gasteiger partial charge in [-0.15, -0.1) is 0 Å². The van der Waals surface area contributed by atoms with Crippen molar-refractivity contribution in [2.24, 2.45) is 5.41 Å². The maximum absolute atomic E-state index is 12.3. The van der Waals surface area contributed by atoms with E-state index in [9.17, 15) is 4.79 Å². The number of para-hydroxylation sites is 2. The number of aromatic nitrogens is 1. The van der Waals surface area contributed by atoms with Gasteiger partial charge in [0.05, 0.1) is 16.4 Å². The van der Waals surface area contributed by atoms with E-state index >= 15 is 0 Å². The third-order valence-electron chi connectivity index (χ3n) is 5.32. The van der Waals surface area contributed by atoms with Crippen LogP contribution in [0.25, 0.3) is 27.5 Å². The molecule has 27 heavy (non-hydrogen) atoms. The molecule has 0 spiro atoms. The lowest BCUT2D eigenvalue weighted by atomic mass is 9.91. The Balaban J connectivity index is 1.75. The molecule has 0 amide bonds. The van der Waals surface area contributed by atoms with Gasteiger partial charge in [-0.1, -0.05) is 43.3 Å². The third-order valence-corrected chi connectivity index (χ3v) is 5.32. The lowest BCUT2D eigenvalue weighted by Gasteiger charge is -2.20. The van der Waals surface area contributed by atoms with Crippen molar-refractivity contribution in [2.45, 2.75) is 27.2 Å². The fourth-order valence-electron chi connectivity index (χ4n) is 3.25. The summed E-state index contributed by atoms with van der Waals surface area (Å²) < 4.78 is 7.81. The minimum atomic E-state index is -0.481. The van der Waals surface area contributed by atoms with Crippen LogP contribution < -0.4 is 4.74 Å². The Labute approximate surface area is 159 Å². The maximum atomic E-state index is 12.3. The second-order valence-electron chi connectivity index (χ2n) is 7.49. The summed E-state index contributed by atoms with van der Waals surface area (Å²) in [6, 6.07) is 24.5. The fraction of sp³-hybridized carbons (Fsp3) is 0.208. The van der Waals surface area contributed by atoms with Crippen molar-refractivity contribution >= 4 is 27.8 Å². The highest BCUT2D eigenvalue weighted by Gasteiger charge is 2.27. The smallest absolute Gasteiger partial charge is 0.316 e. The van der Waals surface area contributed by atoms with Crippen LogP contribution in [0.3, 0.4) is 0 Å². The predicted octanol–water partition coefficient (Wildman–Crippen LogP) is 6.13. The van der Waals surface area contributed by atoms with E-state index in [1.807, 2.05) is 45.0 Å². The van der Waals surface area contributed by atoms with Crippen molar-refractivity contribution in [3.05, 3.63) is 72.8 Å². The highest BCUT2D eigenvalue weighted by atomic mass is 16.5. The van der Waals surface area contributed by atoms with E-state index < -0.39 is 5.41 Å². The van der Waals surface area contributed by atoms with Crippen molar-refractivity contribution in [1.82, 2.24) is 4.57 Å². The van der Waals surface area contributed by atoms with Crippen LogP contribution in [0, 0.1) is 5.41 Å². The first kappa shape index (κ1) is 17.3. The number of fused-ring (bicyclic) bond motifs is 3. The van der Waals surface area contributed by atoms with E-state index in [0.717, 1.165) is 23.1 Å². The Hall–Kier alpha value is -3.07. The normalized spacial score (nSPS) is 11.8. The molecule has 3 heteroatoms. The molecular formula is C24H23NO2. The van der Waals surface area contributed by atoms with Gasteiger partial charge in [0.25, 0.3) is 0 Å². The summed E-state index contributed by atoms with van der Waals surface area (Å²) in [6.07, 6.45) is 0.741. The first-order valence-corrected chi connectivity index (χ1v) is 9.32. The first-order valence-electron chi connectivity index (χ1n) is 9.32. The molecule has 4 aromatic rings. The number of benzene rings is 3. The summed E-state index contributed by atoms with van der Waals surface area (Å²) in [6.45, 7) is 5.80. The Bertz CT molecular complexity index is 1070. The third kappa shape index (κ3) is 2.99. The first-order chi connectivity index (χ1) is 13.0. The molecule has 0 aliphatic heterocycles. The summed E-state index contributed by atoms with van der Waals surface area (Å²) >= 11 is 0. The van der Waals surface area contributed by atoms with Crippen LogP contribution in [0.15, 0.2) is 72.8 Å². The molecule has 0 aliphatic rings. The molecule has 136 valence electrons. The summed E-state index contributed by atoms with van der Waals surface area (Å²) in [5.74, 6) is 0.376. The number of carbonyl (C=O) groups is 1. The van der Waals surface area contributed by atoms with Gasteiger partial charge in [-0.3, -0.25) is 4.79 Å². The minimum Gasteiger partial charge on any atom is -0.426 e. The van der Waals surface area contributed by atoms with Crippen LogP contribution in [0.5, 0.6) is 5.75 Å². The average molecular weight is 357 g/mol. The van der Waals surface area contributed by atoms with Gasteiger partial charge in [0.1, 0.15) is 5.75 Å². The number of nitrogens with zero attached hydrogens (tertiary/aromatic N) is 1. The molecule has 0 saturated carbocycles. The molecule has 0 aliphatic carbocycles. The predicted molar refractivity (Wildman–Crippen MR) is 110 cm³/mol. The zero-order valence-corrected chi connectivity index (χ0v) is 15.9. The monoisotopic (exact) mass is 357 g/mol. The van der Waals surface area contributed by atoms with Gasteiger partial charge < -0.3 is 9.30 Å². The minimum absolute atomic E-state index is 0.199. The van der Waals surface area contributed by atoms with Gasteiger partial charge in [-0.2, -0.15) is 0 Å². The van der Waals surface area contributed by atoms with E-state index in [-0.39, 0.29) is 5.97 Å². The fourth-order valence-corrected chi connectivity index (χ4v) is 3.25.